The highest BCUT2D eigenvalue weighted by molar-refractivity contribution is 5.73. The number of aryl methyl sites for hydroxylation is 1. The van der Waals surface area contributed by atoms with Gasteiger partial charge in [-0.1, -0.05) is 24.3 Å². The quantitative estimate of drug-likeness (QED) is 0.873. The second-order valence-corrected chi connectivity index (χ2v) is 4.25. The lowest BCUT2D eigenvalue weighted by atomic mass is 10.0. The topological polar surface area (TPSA) is 56.0 Å². The molecule has 0 aliphatic heterocycles. The largest absolute Gasteiger partial charge is 0.370 e. The molecule has 1 heterocycles. The van der Waals surface area contributed by atoms with E-state index in [2.05, 4.69) is 29.2 Å². The minimum absolute atomic E-state index is 0.233. The number of aromatic nitrogens is 1. The van der Waals surface area contributed by atoms with Gasteiger partial charge in [-0.25, -0.2) is 0 Å². The molecule has 3 heteroatoms. The van der Waals surface area contributed by atoms with Crippen LogP contribution in [0.15, 0.2) is 48.8 Å². The number of nitrogens with two attached hydrogens (primary N) is 1. The fraction of sp³-hybridized carbons (Fsp3) is 0.200. The van der Waals surface area contributed by atoms with Crippen LogP contribution in [0.1, 0.15) is 18.4 Å². The van der Waals surface area contributed by atoms with Crippen LogP contribution in [0.25, 0.3) is 11.1 Å². The maximum absolute atomic E-state index is 10.6. The molecular formula is C15H16N2O. The maximum atomic E-state index is 10.6. The van der Waals surface area contributed by atoms with E-state index in [1.807, 2.05) is 12.1 Å². The minimum Gasteiger partial charge on any atom is -0.370 e. The van der Waals surface area contributed by atoms with Gasteiger partial charge in [0.15, 0.2) is 0 Å². The number of primary amides is 1. The van der Waals surface area contributed by atoms with Gasteiger partial charge in [0.25, 0.3) is 0 Å². The lowest BCUT2D eigenvalue weighted by molar-refractivity contribution is -0.118. The van der Waals surface area contributed by atoms with E-state index < -0.39 is 0 Å². The summed E-state index contributed by atoms with van der Waals surface area (Å²) in [5, 5.41) is 0. The zero-order valence-electron chi connectivity index (χ0n) is 10.2. The molecule has 0 bridgehead atoms. The zero-order chi connectivity index (χ0) is 12.8. The summed E-state index contributed by atoms with van der Waals surface area (Å²) in [7, 11) is 0. The summed E-state index contributed by atoms with van der Waals surface area (Å²) in [6.07, 6.45) is 5.72. The van der Waals surface area contributed by atoms with Crippen LogP contribution in [-0.2, 0) is 11.2 Å². The number of hydrogen-bond acceptors (Lipinski definition) is 2. The second-order valence-electron chi connectivity index (χ2n) is 4.25. The number of carbonyl (C=O) groups is 1. The average Bonchev–Trinajstić information content (AvgIpc) is 2.40. The van der Waals surface area contributed by atoms with Gasteiger partial charge in [-0.2, -0.15) is 0 Å². The molecule has 0 aliphatic rings. The minimum atomic E-state index is -0.233. The Labute approximate surface area is 107 Å². The number of amides is 1. The van der Waals surface area contributed by atoms with E-state index in [9.17, 15) is 4.79 Å². The van der Waals surface area contributed by atoms with Crippen molar-refractivity contribution in [3.63, 3.8) is 0 Å². The van der Waals surface area contributed by atoms with E-state index in [4.69, 9.17) is 5.73 Å². The fourth-order valence-corrected chi connectivity index (χ4v) is 1.87. The molecule has 2 N–H and O–H groups in total. The second kappa shape index (κ2) is 5.96. The predicted molar refractivity (Wildman–Crippen MR) is 71.8 cm³/mol. The van der Waals surface area contributed by atoms with Crippen LogP contribution in [-0.4, -0.2) is 10.9 Å². The summed E-state index contributed by atoms with van der Waals surface area (Å²) in [6.45, 7) is 0. The summed E-state index contributed by atoms with van der Waals surface area (Å²) in [6, 6.07) is 12.3. The molecule has 1 aromatic heterocycles. The lowest BCUT2D eigenvalue weighted by Crippen LogP contribution is -2.10. The monoisotopic (exact) mass is 240 g/mol. The Morgan fingerprint density at radius 1 is 1.00 bits per heavy atom. The van der Waals surface area contributed by atoms with Crippen LogP contribution in [0.2, 0.25) is 0 Å². The predicted octanol–water partition coefficient (Wildman–Crippen LogP) is 2.56. The van der Waals surface area contributed by atoms with E-state index in [-0.39, 0.29) is 5.91 Å². The van der Waals surface area contributed by atoms with Crippen LogP contribution in [0.5, 0.6) is 0 Å². The van der Waals surface area contributed by atoms with Crippen molar-refractivity contribution >= 4 is 5.91 Å². The van der Waals surface area contributed by atoms with Crippen LogP contribution in [0, 0.1) is 0 Å². The highest BCUT2D eigenvalue weighted by atomic mass is 16.1. The van der Waals surface area contributed by atoms with Gasteiger partial charge in [-0.05, 0) is 41.7 Å². The van der Waals surface area contributed by atoms with Crippen LogP contribution in [0.4, 0.5) is 0 Å². The smallest absolute Gasteiger partial charge is 0.217 e. The Kier molecular flexibility index (Phi) is 4.07. The molecule has 0 saturated carbocycles. The van der Waals surface area contributed by atoms with E-state index in [0.29, 0.717) is 6.42 Å². The molecule has 1 amide bonds. The van der Waals surface area contributed by atoms with E-state index in [0.717, 1.165) is 18.4 Å². The first kappa shape index (κ1) is 12.3. The zero-order valence-corrected chi connectivity index (χ0v) is 10.2. The van der Waals surface area contributed by atoms with Crippen molar-refractivity contribution in [3.05, 3.63) is 54.4 Å². The van der Waals surface area contributed by atoms with Crippen LogP contribution >= 0.6 is 0 Å². The van der Waals surface area contributed by atoms with Crippen molar-refractivity contribution in [3.8, 4) is 11.1 Å². The van der Waals surface area contributed by atoms with E-state index >= 15 is 0 Å². The molecule has 0 unspecified atom stereocenters. The molecule has 2 aromatic rings. The first-order valence-electron chi connectivity index (χ1n) is 6.03. The molecule has 1 aromatic carbocycles. The molecule has 0 saturated heterocycles. The van der Waals surface area contributed by atoms with Crippen molar-refractivity contribution in [2.24, 2.45) is 5.73 Å². The fourth-order valence-electron chi connectivity index (χ4n) is 1.87. The summed E-state index contributed by atoms with van der Waals surface area (Å²) in [5.74, 6) is -0.233. The van der Waals surface area contributed by atoms with Crippen molar-refractivity contribution in [1.82, 2.24) is 4.98 Å². The van der Waals surface area contributed by atoms with Crippen LogP contribution in [0.3, 0.4) is 0 Å². The van der Waals surface area contributed by atoms with Gasteiger partial charge < -0.3 is 5.73 Å². The van der Waals surface area contributed by atoms with Gasteiger partial charge in [-0.15, -0.1) is 0 Å². The molecular weight excluding hydrogens is 224 g/mol. The van der Waals surface area contributed by atoms with Gasteiger partial charge in [0, 0.05) is 18.8 Å². The molecule has 3 nitrogen and oxygen atoms in total. The Morgan fingerprint density at radius 2 is 1.61 bits per heavy atom. The molecule has 18 heavy (non-hydrogen) atoms. The first-order chi connectivity index (χ1) is 8.75. The third kappa shape index (κ3) is 3.42. The number of nitrogens with zero attached hydrogens (tertiary/aromatic N) is 1. The van der Waals surface area contributed by atoms with Gasteiger partial charge in [0.05, 0.1) is 0 Å². The molecule has 2 rings (SSSR count). The SMILES string of the molecule is NC(=O)CCCc1ccc(-c2ccncc2)cc1. The van der Waals surface area contributed by atoms with Gasteiger partial charge in [0.1, 0.15) is 0 Å². The Balaban J connectivity index is 2.00. The summed E-state index contributed by atoms with van der Waals surface area (Å²) < 4.78 is 0. The molecule has 0 fully saturated rings. The van der Waals surface area contributed by atoms with Gasteiger partial charge in [-0.3, -0.25) is 9.78 Å². The number of carbonyl (C=O) groups excluding carboxylic acids is 1. The maximum Gasteiger partial charge on any atom is 0.217 e. The van der Waals surface area contributed by atoms with E-state index in [1.54, 1.807) is 12.4 Å². The highest BCUT2D eigenvalue weighted by Crippen LogP contribution is 2.19. The molecule has 92 valence electrons. The van der Waals surface area contributed by atoms with E-state index in [1.165, 1.54) is 11.1 Å². The normalized spacial score (nSPS) is 10.2. The number of hydrogen-bond donors (Lipinski definition) is 1. The highest BCUT2D eigenvalue weighted by Gasteiger charge is 1.99. The summed E-state index contributed by atoms with van der Waals surface area (Å²) in [5.41, 5.74) is 8.68. The molecule has 0 radical (unpaired) electrons. The number of benzene rings is 1. The Bertz CT molecular complexity index is 506. The van der Waals surface area contributed by atoms with Crippen molar-refractivity contribution in [2.45, 2.75) is 19.3 Å². The molecule has 0 spiro atoms. The third-order valence-electron chi connectivity index (χ3n) is 2.86. The Hall–Kier alpha value is -2.16. The van der Waals surface area contributed by atoms with Crippen molar-refractivity contribution in [2.75, 3.05) is 0 Å². The van der Waals surface area contributed by atoms with Crippen molar-refractivity contribution in [1.29, 1.82) is 0 Å². The van der Waals surface area contributed by atoms with Crippen LogP contribution < -0.4 is 5.73 Å². The van der Waals surface area contributed by atoms with Gasteiger partial charge in [0.2, 0.25) is 5.91 Å². The summed E-state index contributed by atoms with van der Waals surface area (Å²) >= 11 is 0. The van der Waals surface area contributed by atoms with Crippen molar-refractivity contribution < 1.29 is 4.79 Å². The lowest BCUT2D eigenvalue weighted by Gasteiger charge is -2.04. The molecule has 0 aliphatic carbocycles. The van der Waals surface area contributed by atoms with Gasteiger partial charge >= 0.3 is 0 Å². The molecule has 0 atom stereocenters. The number of rotatable bonds is 5. The standard InChI is InChI=1S/C15H16N2O/c16-15(18)3-1-2-12-4-6-13(7-5-12)14-8-10-17-11-9-14/h4-11H,1-3H2,(H2,16,18). The third-order valence-corrected chi connectivity index (χ3v) is 2.86. The average molecular weight is 240 g/mol. The number of pyridine rings is 1. The Morgan fingerprint density at radius 3 is 2.22 bits per heavy atom. The first-order valence-corrected chi connectivity index (χ1v) is 6.03. The summed E-state index contributed by atoms with van der Waals surface area (Å²) in [4.78, 5) is 14.6.